The number of hydrogen-bond acceptors (Lipinski definition) is 1. The monoisotopic (exact) mass is 304 g/mol. The molecule has 0 bridgehead atoms. The third-order valence-corrected chi connectivity index (χ3v) is 1.43. The van der Waals surface area contributed by atoms with Gasteiger partial charge in [-0.05, 0) is 0 Å². The molecule has 0 amide bonds. The Morgan fingerprint density at radius 2 is 0.778 bits per heavy atom. The Labute approximate surface area is 89.3 Å². The van der Waals surface area contributed by atoms with E-state index in [4.69, 9.17) is 0 Å². The van der Waals surface area contributed by atoms with E-state index in [1.807, 2.05) is 0 Å². The van der Waals surface area contributed by atoms with Gasteiger partial charge in [0.25, 0.3) is 0 Å². The summed E-state index contributed by atoms with van der Waals surface area (Å²) in [5, 5.41) is 0. The van der Waals surface area contributed by atoms with E-state index in [1.54, 1.807) is 0 Å². The molecule has 0 N–H and O–H groups in total. The summed E-state index contributed by atoms with van der Waals surface area (Å²) < 4.78 is 142. The first-order chi connectivity index (χ1) is 7.46. The molecule has 0 spiro atoms. The zero-order chi connectivity index (χ0) is 15.2. The molecule has 110 valence electrons. The summed E-state index contributed by atoms with van der Waals surface area (Å²) in [7, 11) is 0. The minimum Gasteiger partial charge on any atom is -0.223 e. The van der Waals surface area contributed by atoms with Gasteiger partial charge in [0.15, 0.2) is 0 Å². The van der Waals surface area contributed by atoms with Crippen LogP contribution in [0.25, 0.3) is 0 Å². The molecule has 0 unspecified atom stereocenters. The lowest BCUT2D eigenvalue weighted by molar-refractivity contribution is -0.505. The lowest BCUT2D eigenvalue weighted by Crippen LogP contribution is -2.66. The summed E-state index contributed by atoms with van der Waals surface area (Å²) in [6, 6.07) is 0. The van der Waals surface area contributed by atoms with Crippen LogP contribution in [0.1, 0.15) is 0 Å². The highest BCUT2D eigenvalue weighted by molar-refractivity contribution is 5.01. The maximum Gasteiger partial charge on any atom is 0.527 e. The molecule has 0 fully saturated rings. The Bertz CT molecular complexity index is 279. The summed E-state index contributed by atoms with van der Waals surface area (Å²) in [5.74, 6) is 0. The van der Waals surface area contributed by atoms with Crippen LogP contribution in [-0.4, -0.2) is 30.5 Å². The highest BCUT2D eigenvalue weighted by Crippen LogP contribution is 2.56. The molecule has 0 saturated heterocycles. The van der Waals surface area contributed by atoms with E-state index in [2.05, 4.69) is 0 Å². The summed E-state index contributed by atoms with van der Waals surface area (Å²) in [6.45, 7) is 0. The minimum atomic E-state index is -7.50. The van der Waals surface area contributed by atoms with Gasteiger partial charge >= 0.3 is 30.5 Å². The number of halogens is 12. The summed E-state index contributed by atoms with van der Waals surface area (Å²) >= 11 is 0. The molecular weight excluding hydrogens is 304 g/mol. The third kappa shape index (κ3) is 2.92. The topological polar surface area (TPSA) is 9.23 Å². The van der Waals surface area contributed by atoms with E-state index in [-0.39, 0.29) is 0 Å². The lowest BCUT2D eigenvalue weighted by atomic mass is 10.0. The van der Waals surface area contributed by atoms with E-state index >= 15 is 0 Å². The smallest absolute Gasteiger partial charge is 0.223 e. The van der Waals surface area contributed by atoms with Crippen molar-refractivity contribution >= 4 is 0 Å². The van der Waals surface area contributed by atoms with Gasteiger partial charge in [0.2, 0.25) is 0 Å². The van der Waals surface area contributed by atoms with Crippen LogP contribution in [0.2, 0.25) is 0 Å². The van der Waals surface area contributed by atoms with Crippen LogP contribution in [0.15, 0.2) is 0 Å². The van der Waals surface area contributed by atoms with Crippen LogP contribution < -0.4 is 0 Å². The van der Waals surface area contributed by atoms with Crippen LogP contribution in [0.3, 0.4) is 0 Å². The first-order valence-corrected chi connectivity index (χ1v) is 3.43. The quantitative estimate of drug-likeness (QED) is 0.702. The SMILES string of the molecule is FC(F)(F)OC(F)(F)C(F)(C(F)(F)F)C(F)(F)F. The molecule has 0 aliphatic heterocycles. The molecule has 0 aromatic heterocycles. The van der Waals surface area contributed by atoms with Crippen molar-refractivity contribution in [3.8, 4) is 0 Å². The second kappa shape index (κ2) is 4.06. The summed E-state index contributed by atoms with van der Waals surface area (Å²) in [4.78, 5) is 0. The fourth-order valence-corrected chi connectivity index (χ4v) is 0.706. The van der Waals surface area contributed by atoms with Gasteiger partial charge in [-0.2, -0.15) is 35.1 Å². The van der Waals surface area contributed by atoms with Gasteiger partial charge in [-0.3, -0.25) is 0 Å². The molecule has 1 nitrogen and oxygen atoms in total. The highest BCUT2D eigenvalue weighted by Gasteiger charge is 2.86. The largest absolute Gasteiger partial charge is 0.527 e. The Hall–Kier alpha value is -0.880. The number of ether oxygens (including phenoxy) is 1. The van der Waals surface area contributed by atoms with Crippen molar-refractivity contribution in [3.63, 3.8) is 0 Å². The summed E-state index contributed by atoms with van der Waals surface area (Å²) in [5.41, 5.74) is -7.50. The fourth-order valence-electron chi connectivity index (χ4n) is 0.706. The molecular formula is C5F12O. The van der Waals surface area contributed by atoms with Gasteiger partial charge < -0.3 is 0 Å². The van der Waals surface area contributed by atoms with Gasteiger partial charge in [0.05, 0.1) is 0 Å². The standard InChI is InChI=1S/C5F12O/c6-1(2(7,8)9,3(10,11)12)4(13,14)18-5(15,16)17. The predicted molar refractivity (Wildman–Crippen MR) is 28.0 cm³/mol. The van der Waals surface area contributed by atoms with Gasteiger partial charge in [-0.25, -0.2) is 9.13 Å². The highest BCUT2D eigenvalue weighted by atomic mass is 19.4. The Morgan fingerprint density at radius 3 is 0.944 bits per heavy atom. The van der Waals surface area contributed by atoms with E-state index in [0.717, 1.165) is 0 Å². The molecule has 0 heterocycles. The van der Waals surface area contributed by atoms with Crippen molar-refractivity contribution in [3.05, 3.63) is 0 Å². The van der Waals surface area contributed by atoms with Gasteiger partial charge in [-0.15, -0.1) is 13.2 Å². The average Bonchev–Trinajstić information content (AvgIpc) is 1.92. The Balaban J connectivity index is 5.77. The molecule has 0 radical (unpaired) electrons. The second-order valence-corrected chi connectivity index (χ2v) is 2.72. The lowest BCUT2D eigenvalue weighted by Gasteiger charge is -2.35. The van der Waals surface area contributed by atoms with Gasteiger partial charge in [0, 0.05) is 0 Å². The van der Waals surface area contributed by atoms with Crippen LogP contribution in [0.4, 0.5) is 52.7 Å². The first kappa shape index (κ1) is 17.1. The fraction of sp³-hybridized carbons (Fsp3) is 1.00. The zero-order valence-electron chi connectivity index (χ0n) is 7.44. The molecule has 0 aromatic carbocycles. The maximum atomic E-state index is 12.5. The van der Waals surface area contributed by atoms with Crippen molar-refractivity contribution in [2.24, 2.45) is 0 Å². The van der Waals surface area contributed by atoms with Crippen molar-refractivity contribution in [2.75, 3.05) is 0 Å². The molecule has 0 aromatic rings. The maximum absolute atomic E-state index is 12.5. The molecule has 0 rings (SSSR count). The zero-order valence-corrected chi connectivity index (χ0v) is 7.44. The summed E-state index contributed by atoms with van der Waals surface area (Å²) in [6.07, 6.45) is -28.6. The predicted octanol–water partition coefficient (Wildman–Crippen LogP) is 3.95. The van der Waals surface area contributed by atoms with Crippen molar-refractivity contribution < 1.29 is 57.4 Å². The van der Waals surface area contributed by atoms with Crippen molar-refractivity contribution in [1.82, 2.24) is 0 Å². The second-order valence-electron chi connectivity index (χ2n) is 2.72. The first-order valence-electron chi connectivity index (χ1n) is 3.43. The van der Waals surface area contributed by atoms with Crippen LogP contribution >= 0.6 is 0 Å². The normalized spacial score (nSPS) is 16.0. The van der Waals surface area contributed by atoms with Gasteiger partial charge in [-0.1, -0.05) is 0 Å². The van der Waals surface area contributed by atoms with E-state index < -0.39 is 30.5 Å². The Kier molecular flexibility index (Phi) is 3.86. The van der Waals surface area contributed by atoms with Crippen molar-refractivity contribution in [1.29, 1.82) is 0 Å². The minimum absolute atomic E-state index is 1.30. The molecule has 18 heavy (non-hydrogen) atoms. The number of hydrogen-bond donors (Lipinski definition) is 0. The number of rotatable bonds is 2. The van der Waals surface area contributed by atoms with E-state index in [0.29, 0.717) is 0 Å². The van der Waals surface area contributed by atoms with Gasteiger partial charge in [0.1, 0.15) is 0 Å². The van der Waals surface area contributed by atoms with E-state index in [9.17, 15) is 52.7 Å². The number of alkyl halides is 12. The molecule has 0 aliphatic rings. The molecule has 0 aliphatic carbocycles. The van der Waals surface area contributed by atoms with Crippen molar-refractivity contribution in [2.45, 2.75) is 30.5 Å². The molecule has 0 saturated carbocycles. The van der Waals surface area contributed by atoms with Crippen LogP contribution in [-0.2, 0) is 4.74 Å². The third-order valence-electron chi connectivity index (χ3n) is 1.43. The van der Waals surface area contributed by atoms with Crippen LogP contribution in [0, 0.1) is 0 Å². The Morgan fingerprint density at radius 1 is 0.500 bits per heavy atom. The molecule has 13 heteroatoms. The van der Waals surface area contributed by atoms with Crippen LogP contribution in [0.5, 0.6) is 0 Å². The average molecular weight is 304 g/mol. The molecule has 0 atom stereocenters. The van der Waals surface area contributed by atoms with E-state index in [1.165, 1.54) is 4.74 Å².